The molecule has 2 heterocycles. The van der Waals surface area contributed by atoms with Gasteiger partial charge in [-0.15, -0.1) is 0 Å². The van der Waals surface area contributed by atoms with E-state index >= 15 is 0 Å². The predicted octanol–water partition coefficient (Wildman–Crippen LogP) is 1.54. The highest BCUT2D eigenvalue weighted by Crippen LogP contribution is 2.33. The number of aromatic nitrogens is 3. The van der Waals surface area contributed by atoms with Crippen molar-refractivity contribution in [3.63, 3.8) is 0 Å². The Hall–Kier alpha value is -2.11. The molecule has 0 atom stereocenters. The van der Waals surface area contributed by atoms with Crippen LogP contribution in [0.1, 0.15) is 25.7 Å². The normalized spacial score (nSPS) is 18.0. The Morgan fingerprint density at radius 2 is 2.17 bits per heavy atom. The quantitative estimate of drug-likeness (QED) is 0.858. The van der Waals surface area contributed by atoms with Crippen LogP contribution in [0.2, 0.25) is 0 Å². The van der Waals surface area contributed by atoms with Crippen LogP contribution in [0, 0.1) is 0 Å². The summed E-state index contributed by atoms with van der Waals surface area (Å²) in [4.78, 5) is 15.7. The average Bonchev–Trinajstić information content (AvgIpc) is 2.98. The van der Waals surface area contributed by atoms with Gasteiger partial charge < -0.3 is 10.4 Å². The third kappa shape index (κ3) is 1.61. The second-order valence-electron chi connectivity index (χ2n) is 4.66. The predicted molar refractivity (Wildman–Crippen MR) is 65.4 cm³/mol. The molecular formula is C12H14N4O2. The Labute approximate surface area is 104 Å². The van der Waals surface area contributed by atoms with Gasteiger partial charge in [0.2, 0.25) is 0 Å². The second-order valence-corrected chi connectivity index (χ2v) is 4.66. The molecule has 1 aliphatic rings. The maximum Gasteiger partial charge on any atom is 0.329 e. The minimum absolute atomic E-state index is 0.583. The Balaban J connectivity index is 2.00. The van der Waals surface area contributed by atoms with Crippen LogP contribution in [-0.4, -0.2) is 31.2 Å². The van der Waals surface area contributed by atoms with Crippen molar-refractivity contribution >= 4 is 17.3 Å². The molecule has 3 rings (SSSR count). The third-order valence-electron chi connectivity index (χ3n) is 3.55. The van der Waals surface area contributed by atoms with Gasteiger partial charge >= 0.3 is 5.97 Å². The summed E-state index contributed by atoms with van der Waals surface area (Å²) < 4.78 is 1.68. The molecule has 2 aromatic rings. The number of carbonyl (C=O) groups is 1. The lowest BCUT2D eigenvalue weighted by Gasteiger charge is -2.26. The first kappa shape index (κ1) is 11.0. The molecule has 2 aromatic heterocycles. The Morgan fingerprint density at radius 3 is 2.89 bits per heavy atom. The third-order valence-corrected chi connectivity index (χ3v) is 3.55. The molecule has 0 aromatic carbocycles. The number of nitrogens with zero attached hydrogens (tertiary/aromatic N) is 3. The Kier molecular flexibility index (Phi) is 2.43. The van der Waals surface area contributed by atoms with Gasteiger partial charge in [0.15, 0.2) is 5.82 Å². The van der Waals surface area contributed by atoms with E-state index in [1.807, 2.05) is 6.07 Å². The Morgan fingerprint density at radius 1 is 1.39 bits per heavy atom. The zero-order chi connectivity index (χ0) is 12.6. The van der Waals surface area contributed by atoms with Crippen LogP contribution in [0.4, 0.5) is 5.82 Å². The summed E-state index contributed by atoms with van der Waals surface area (Å²) in [5.41, 5.74) is -0.0796. The number of hydrogen-bond acceptors (Lipinski definition) is 4. The highest BCUT2D eigenvalue weighted by molar-refractivity contribution is 5.84. The van der Waals surface area contributed by atoms with Gasteiger partial charge in [-0.25, -0.2) is 14.3 Å². The van der Waals surface area contributed by atoms with Gasteiger partial charge in [-0.05, 0) is 18.9 Å². The largest absolute Gasteiger partial charge is 0.480 e. The fourth-order valence-corrected chi connectivity index (χ4v) is 2.55. The van der Waals surface area contributed by atoms with Gasteiger partial charge in [0.05, 0.1) is 6.20 Å². The molecule has 0 bridgehead atoms. The minimum atomic E-state index is -0.876. The molecule has 1 aliphatic carbocycles. The van der Waals surface area contributed by atoms with Crippen LogP contribution in [-0.2, 0) is 4.79 Å². The van der Waals surface area contributed by atoms with Gasteiger partial charge in [0.25, 0.3) is 0 Å². The molecule has 18 heavy (non-hydrogen) atoms. The SMILES string of the molecule is O=C(O)C1(Nc2nccn3nccc23)CCCC1. The van der Waals surface area contributed by atoms with Gasteiger partial charge in [-0.1, -0.05) is 12.8 Å². The highest BCUT2D eigenvalue weighted by Gasteiger charge is 2.41. The molecule has 1 saturated carbocycles. The summed E-state index contributed by atoms with van der Waals surface area (Å²) in [6, 6.07) is 1.82. The summed E-state index contributed by atoms with van der Waals surface area (Å²) in [5.74, 6) is -0.220. The molecule has 2 N–H and O–H groups in total. The molecule has 0 unspecified atom stereocenters. The summed E-state index contributed by atoms with van der Waals surface area (Å²) in [6.07, 6.45) is 8.17. The molecule has 94 valence electrons. The van der Waals surface area contributed by atoms with Crippen molar-refractivity contribution in [1.82, 2.24) is 14.6 Å². The van der Waals surface area contributed by atoms with Crippen molar-refractivity contribution in [3.8, 4) is 0 Å². The first-order valence-electron chi connectivity index (χ1n) is 6.01. The number of carboxylic acid groups (broad SMARTS) is 1. The first-order chi connectivity index (χ1) is 8.71. The van der Waals surface area contributed by atoms with Crippen molar-refractivity contribution in [3.05, 3.63) is 24.7 Å². The molecule has 0 aliphatic heterocycles. The van der Waals surface area contributed by atoms with E-state index in [4.69, 9.17) is 0 Å². The summed E-state index contributed by atoms with van der Waals surface area (Å²) in [7, 11) is 0. The van der Waals surface area contributed by atoms with E-state index in [9.17, 15) is 9.90 Å². The van der Waals surface area contributed by atoms with E-state index in [1.165, 1.54) is 0 Å². The first-order valence-corrected chi connectivity index (χ1v) is 6.01. The van der Waals surface area contributed by atoms with Gasteiger partial charge in [0.1, 0.15) is 11.1 Å². The minimum Gasteiger partial charge on any atom is -0.480 e. The number of aliphatic carboxylic acids is 1. The smallest absolute Gasteiger partial charge is 0.329 e. The van der Waals surface area contributed by atoms with Crippen LogP contribution in [0.25, 0.3) is 5.52 Å². The van der Waals surface area contributed by atoms with Gasteiger partial charge in [-0.2, -0.15) is 5.10 Å². The zero-order valence-electron chi connectivity index (χ0n) is 9.83. The molecule has 6 nitrogen and oxygen atoms in total. The Bertz CT molecular complexity index is 587. The van der Waals surface area contributed by atoms with E-state index < -0.39 is 11.5 Å². The van der Waals surface area contributed by atoms with E-state index in [0.29, 0.717) is 18.7 Å². The van der Waals surface area contributed by atoms with E-state index in [-0.39, 0.29) is 0 Å². The monoisotopic (exact) mass is 246 g/mol. The van der Waals surface area contributed by atoms with Crippen molar-refractivity contribution in [1.29, 1.82) is 0 Å². The van der Waals surface area contributed by atoms with Crippen LogP contribution >= 0.6 is 0 Å². The average molecular weight is 246 g/mol. The lowest BCUT2D eigenvalue weighted by Crippen LogP contribution is -2.44. The lowest BCUT2D eigenvalue weighted by molar-refractivity contribution is -0.142. The summed E-state index contributed by atoms with van der Waals surface area (Å²) in [5, 5.41) is 16.7. The van der Waals surface area contributed by atoms with Crippen LogP contribution in [0.3, 0.4) is 0 Å². The van der Waals surface area contributed by atoms with E-state index in [2.05, 4.69) is 15.4 Å². The number of rotatable bonds is 3. The molecule has 0 amide bonds. The number of anilines is 1. The number of nitrogens with one attached hydrogen (secondary N) is 1. The van der Waals surface area contributed by atoms with Gasteiger partial charge in [0, 0.05) is 12.4 Å². The summed E-state index contributed by atoms with van der Waals surface area (Å²) >= 11 is 0. The van der Waals surface area contributed by atoms with Crippen molar-refractivity contribution < 1.29 is 9.90 Å². The lowest BCUT2D eigenvalue weighted by atomic mass is 9.98. The molecule has 1 fully saturated rings. The summed E-state index contributed by atoms with van der Waals surface area (Å²) in [6.45, 7) is 0. The van der Waals surface area contributed by atoms with Crippen LogP contribution in [0.5, 0.6) is 0 Å². The van der Waals surface area contributed by atoms with E-state index in [1.54, 1.807) is 23.1 Å². The fourth-order valence-electron chi connectivity index (χ4n) is 2.55. The standard InChI is InChI=1S/C12H14N4O2/c17-11(18)12(4-1-2-5-12)15-10-9-3-6-14-16(9)8-7-13-10/h3,6-8H,1-2,4-5H2,(H,13,15)(H,17,18). The van der Waals surface area contributed by atoms with Crippen molar-refractivity contribution in [2.45, 2.75) is 31.2 Å². The molecule has 6 heteroatoms. The maximum absolute atomic E-state index is 11.5. The van der Waals surface area contributed by atoms with E-state index in [0.717, 1.165) is 18.4 Å². The fraction of sp³-hybridized carbons (Fsp3) is 0.417. The van der Waals surface area contributed by atoms with Crippen molar-refractivity contribution in [2.24, 2.45) is 0 Å². The maximum atomic E-state index is 11.5. The topological polar surface area (TPSA) is 79.5 Å². The molecule has 0 saturated heterocycles. The second kappa shape index (κ2) is 3.97. The highest BCUT2D eigenvalue weighted by atomic mass is 16.4. The molecule has 0 spiro atoms. The number of hydrogen-bond donors (Lipinski definition) is 2. The molecular weight excluding hydrogens is 232 g/mol. The van der Waals surface area contributed by atoms with Crippen LogP contribution < -0.4 is 5.32 Å². The number of carboxylic acids is 1. The number of fused-ring (bicyclic) bond motifs is 1. The van der Waals surface area contributed by atoms with Crippen molar-refractivity contribution in [2.75, 3.05) is 5.32 Å². The van der Waals surface area contributed by atoms with Gasteiger partial charge in [-0.3, -0.25) is 0 Å². The molecule has 0 radical (unpaired) electrons. The van der Waals surface area contributed by atoms with Crippen LogP contribution in [0.15, 0.2) is 24.7 Å². The zero-order valence-corrected chi connectivity index (χ0v) is 9.83.